The second-order valence-electron chi connectivity index (χ2n) is 6.99. The zero-order valence-corrected chi connectivity index (χ0v) is 17.2. The fourth-order valence-electron chi connectivity index (χ4n) is 2.28. The first-order valence-electron chi connectivity index (χ1n) is 8.52. The molecule has 1 amide bonds. The number of rotatable bonds is 6. The van der Waals surface area contributed by atoms with Gasteiger partial charge in [0.2, 0.25) is 0 Å². The van der Waals surface area contributed by atoms with Gasteiger partial charge in [-0.1, -0.05) is 30.3 Å². The van der Waals surface area contributed by atoms with Gasteiger partial charge in [-0.05, 0) is 53.9 Å². The van der Waals surface area contributed by atoms with E-state index in [0.717, 1.165) is 10.0 Å². The van der Waals surface area contributed by atoms with Crippen LogP contribution in [-0.2, 0) is 20.9 Å². The molecule has 0 aliphatic heterocycles. The lowest BCUT2D eigenvalue weighted by atomic mass is 10.1. The van der Waals surface area contributed by atoms with Crippen molar-refractivity contribution in [3.05, 3.63) is 64.4 Å². The topological polar surface area (TPSA) is 77.5 Å². The van der Waals surface area contributed by atoms with Crippen molar-refractivity contribution in [3.8, 4) is 0 Å². The summed E-state index contributed by atoms with van der Waals surface area (Å²) in [5, 5.41) is 2.72. The lowest BCUT2D eigenvalue weighted by Crippen LogP contribution is -2.36. The summed E-state index contributed by atoms with van der Waals surface area (Å²) in [7, 11) is 0. The number of carbonyl (C=O) groups excluding carboxylic acids is 2. The van der Waals surface area contributed by atoms with Crippen LogP contribution >= 0.6 is 15.9 Å². The van der Waals surface area contributed by atoms with Gasteiger partial charge in [0.15, 0.2) is 0 Å². The SMILES string of the molecule is CC(C)(C)OC(=O)NC(CC(=O)OCc1ccccc1)c1cncc(Br)c1. The Kier molecular flexibility index (Phi) is 7.36. The molecule has 0 saturated carbocycles. The maximum absolute atomic E-state index is 12.3. The number of benzene rings is 1. The van der Waals surface area contributed by atoms with Crippen LogP contribution in [0.4, 0.5) is 4.79 Å². The average Bonchev–Trinajstić information content (AvgIpc) is 2.59. The Hall–Kier alpha value is -2.41. The number of pyridine rings is 1. The van der Waals surface area contributed by atoms with Gasteiger partial charge >= 0.3 is 12.1 Å². The van der Waals surface area contributed by atoms with E-state index < -0.39 is 23.7 Å². The van der Waals surface area contributed by atoms with E-state index in [2.05, 4.69) is 26.2 Å². The van der Waals surface area contributed by atoms with Crippen LogP contribution in [0.25, 0.3) is 0 Å². The number of hydrogen-bond acceptors (Lipinski definition) is 5. The average molecular weight is 435 g/mol. The Balaban J connectivity index is 2.05. The zero-order chi connectivity index (χ0) is 19.9. The Morgan fingerprint density at radius 2 is 1.89 bits per heavy atom. The summed E-state index contributed by atoms with van der Waals surface area (Å²) in [6.45, 7) is 5.50. The molecule has 6 nitrogen and oxygen atoms in total. The molecule has 1 unspecified atom stereocenters. The number of hydrogen-bond donors (Lipinski definition) is 1. The molecule has 0 spiro atoms. The molecule has 1 N–H and O–H groups in total. The summed E-state index contributed by atoms with van der Waals surface area (Å²) in [5.74, 6) is -0.431. The molecule has 0 fully saturated rings. The van der Waals surface area contributed by atoms with Crippen molar-refractivity contribution >= 4 is 28.0 Å². The normalized spacial score (nSPS) is 12.1. The van der Waals surface area contributed by atoms with E-state index in [0.29, 0.717) is 5.56 Å². The number of nitrogens with zero attached hydrogens (tertiary/aromatic N) is 1. The van der Waals surface area contributed by atoms with Gasteiger partial charge in [-0.25, -0.2) is 4.79 Å². The van der Waals surface area contributed by atoms with Crippen LogP contribution in [0.5, 0.6) is 0 Å². The Bertz CT molecular complexity index is 775. The summed E-state index contributed by atoms with van der Waals surface area (Å²) in [6, 6.07) is 10.6. The van der Waals surface area contributed by atoms with Gasteiger partial charge in [0.25, 0.3) is 0 Å². The van der Waals surface area contributed by atoms with E-state index in [1.165, 1.54) is 0 Å². The van der Waals surface area contributed by atoms with Gasteiger partial charge in [-0.3, -0.25) is 9.78 Å². The van der Waals surface area contributed by atoms with Gasteiger partial charge in [-0.2, -0.15) is 0 Å². The number of ether oxygens (including phenoxy) is 2. The summed E-state index contributed by atoms with van der Waals surface area (Å²) in [5.41, 5.74) is 0.927. The highest BCUT2D eigenvalue weighted by molar-refractivity contribution is 9.10. The fourth-order valence-corrected chi connectivity index (χ4v) is 2.67. The molecular weight excluding hydrogens is 412 g/mol. The van der Waals surface area contributed by atoms with Crippen LogP contribution in [0.3, 0.4) is 0 Å². The maximum atomic E-state index is 12.3. The van der Waals surface area contributed by atoms with Crippen LogP contribution in [0.2, 0.25) is 0 Å². The predicted octanol–water partition coefficient (Wildman–Crippen LogP) is 4.54. The van der Waals surface area contributed by atoms with Crippen molar-refractivity contribution in [3.63, 3.8) is 0 Å². The number of aromatic nitrogens is 1. The van der Waals surface area contributed by atoms with Crippen molar-refractivity contribution in [2.75, 3.05) is 0 Å². The molecule has 1 aromatic carbocycles. The van der Waals surface area contributed by atoms with Gasteiger partial charge in [0.1, 0.15) is 12.2 Å². The number of alkyl carbamates (subject to hydrolysis) is 1. The predicted molar refractivity (Wildman–Crippen MR) is 105 cm³/mol. The number of carbonyl (C=O) groups is 2. The van der Waals surface area contributed by atoms with Crippen molar-refractivity contribution in [1.82, 2.24) is 10.3 Å². The first-order valence-corrected chi connectivity index (χ1v) is 9.32. The molecule has 1 atom stereocenters. The lowest BCUT2D eigenvalue weighted by molar-refractivity contribution is -0.145. The van der Waals surface area contributed by atoms with Crippen molar-refractivity contribution in [1.29, 1.82) is 0 Å². The van der Waals surface area contributed by atoms with Crippen LogP contribution in [0, 0.1) is 0 Å². The van der Waals surface area contributed by atoms with E-state index in [9.17, 15) is 9.59 Å². The highest BCUT2D eigenvalue weighted by Crippen LogP contribution is 2.21. The number of amides is 1. The molecule has 1 heterocycles. The molecule has 2 rings (SSSR count). The molecule has 7 heteroatoms. The quantitative estimate of drug-likeness (QED) is 0.674. The molecule has 144 valence electrons. The third-order valence-corrected chi connectivity index (χ3v) is 3.87. The molecule has 0 bridgehead atoms. The first-order chi connectivity index (χ1) is 12.7. The second kappa shape index (κ2) is 9.50. The fraction of sp³-hybridized carbons (Fsp3) is 0.350. The third-order valence-electron chi connectivity index (χ3n) is 3.43. The van der Waals surface area contributed by atoms with E-state index in [4.69, 9.17) is 9.47 Å². The lowest BCUT2D eigenvalue weighted by Gasteiger charge is -2.23. The van der Waals surface area contributed by atoms with E-state index in [1.807, 2.05) is 30.3 Å². The van der Waals surface area contributed by atoms with Gasteiger partial charge < -0.3 is 14.8 Å². The molecule has 27 heavy (non-hydrogen) atoms. The van der Waals surface area contributed by atoms with Crippen LogP contribution < -0.4 is 5.32 Å². The van der Waals surface area contributed by atoms with Crippen molar-refractivity contribution < 1.29 is 19.1 Å². The highest BCUT2D eigenvalue weighted by Gasteiger charge is 2.23. The van der Waals surface area contributed by atoms with Gasteiger partial charge in [-0.15, -0.1) is 0 Å². The van der Waals surface area contributed by atoms with E-state index >= 15 is 0 Å². The third kappa shape index (κ3) is 7.78. The second-order valence-corrected chi connectivity index (χ2v) is 7.90. The van der Waals surface area contributed by atoms with Crippen LogP contribution in [0.1, 0.15) is 44.4 Å². The summed E-state index contributed by atoms with van der Waals surface area (Å²) in [4.78, 5) is 28.6. The minimum Gasteiger partial charge on any atom is -0.461 e. The summed E-state index contributed by atoms with van der Waals surface area (Å²) in [6.07, 6.45) is 2.58. The smallest absolute Gasteiger partial charge is 0.408 e. The largest absolute Gasteiger partial charge is 0.461 e. The number of halogens is 1. The monoisotopic (exact) mass is 434 g/mol. The zero-order valence-electron chi connectivity index (χ0n) is 15.6. The summed E-state index contributed by atoms with van der Waals surface area (Å²) >= 11 is 3.35. The number of esters is 1. The van der Waals surface area contributed by atoms with Crippen LogP contribution in [-0.4, -0.2) is 22.6 Å². The molecule has 0 saturated heterocycles. The van der Waals surface area contributed by atoms with Crippen LogP contribution in [0.15, 0.2) is 53.3 Å². The Labute approximate surface area is 167 Å². The number of nitrogens with one attached hydrogen (secondary N) is 1. The van der Waals surface area contributed by atoms with Gasteiger partial charge in [0.05, 0.1) is 12.5 Å². The van der Waals surface area contributed by atoms with Gasteiger partial charge in [0, 0.05) is 16.9 Å². The highest BCUT2D eigenvalue weighted by atomic mass is 79.9. The molecule has 0 aliphatic rings. The Morgan fingerprint density at radius 3 is 2.52 bits per heavy atom. The molecule has 0 radical (unpaired) electrons. The minimum atomic E-state index is -0.641. The maximum Gasteiger partial charge on any atom is 0.408 e. The molecular formula is C20H23BrN2O4. The molecule has 0 aliphatic carbocycles. The Morgan fingerprint density at radius 1 is 1.19 bits per heavy atom. The molecule has 2 aromatic rings. The van der Waals surface area contributed by atoms with E-state index in [1.54, 1.807) is 39.2 Å². The van der Waals surface area contributed by atoms with Crippen molar-refractivity contribution in [2.24, 2.45) is 0 Å². The minimum absolute atomic E-state index is 0.0375. The van der Waals surface area contributed by atoms with Crippen molar-refractivity contribution in [2.45, 2.75) is 45.4 Å². The summed E-state index contributed by atoms with van der Waals surface area (Å²) < 4.78 is 11.4. The first kappa shape index (κ1) is 20.9. The standard InChI is InChI=1S/C20H23BrN2O4/c1-20(2,3)27-19(25)23-17(15-9-16(21)12-22-11-15)10-18(24)26-13-14-7-5-4-6-8-14/h4-9,11-12,17H,10,13H2,1-3H3,(H,23,25). The van der Waals surface area contributed by atoms with E-state index in [-0.39, 0.29) is 13.0 Å². The molecule has 1 aromatic heterocycles.